The minimum Gasteiger partial charge on any atom is -0.135 e. The summed E-state index contributed by atoms with van der Waals surface area (Å²) in [7, 11) is 0. The Balaban J connectivity index is 1.86. The molecule has 3 rings (SSSR count). The predicted octanol–water partition coefficient (Wildman–Crippen LogP) is 7.21. The van der Waals surface area contributed by atoms with Gasteiger partial charge in [-0.05, 0) is 67.5 Å². The van der Waals surface area contributed by atoms with Crippen molar-refractivity contribution in [3.63, 3.8) is 0 Å². The van der Waals surface area contributed by atoms with Crippen LogP contribution >= 0.6 is 11.3 Å². The van der Waals surface area contributed by atoms with Crippen molar-refractivity contribution in [3.8, 4) is 20.9 Å². The fourth-order valence-corrected chi connectivity index (χ4v) is 4.24. The van der Waals surface area contributed by atoms with Crippen LogP contribution in [0.2, 0.25) is 0 Å². The second-order valence-corrected chi connectivity index (χ2v) is 7.29. The Bertz CT molecular complexity index is 835. The van der Waals surface area contributed by atoms with Gasteiger partial charge in [-0.25, -0.2) is 0 Å². The molecule has 0 bridgehead atoms. The van der Waals surface area contributed by atoms with Crippen LogP contribution in [0.15, 0.2) is 66.7 Å². The van der Waals surface area contributed by atoms with Crippen molar-refractivity contribution in [2.75, 3.05) is 0 Å². The zero-order chi connectivity index (χ0) is 16.9. The molecule has 0 atom stereocenters. The Morgan fingerprint density at radius 2 is 1.67 bits per heavy atom. The first-order valence-corrected chi connectivity index (χ1v) is 9.37. The summed E-state index contributed by atoms with van der Waals surface area (Å²) in [6.45, 7) is 6.48. The van der Waals surface area contributed by atoms with Gasteiger partial charge in [0.05, 0.1) is 0 Å². The highest BCUT2D eigenvalue weighted by molar-refractivity contribution is 7.19. The Hall–Kier alpha value is -2.12. The first-order valence-electron chi connectivity index (χ1n) is 8.56. The highest BCUT2D eigenvalue weighted by atomic mass is 32.1. The molecule has 0 aliphatic rings. The molecule has 122 valence electrons. The minimum absolute atomic E-state index is 1.11. The molecule has 0 radical (unpaired) electrons. The average Bonchev–Trinajstić information content (AvgIpc) is 2.98. The fraction of sp³-hybridized carbons (Fsp3) is 0.217. The highest BCUT2D eigenvalue weighted by Crippen LogP contribution is 2.39. The number of rotatable bonds is 5. The molecule has 0 unspecified atom stereocenters. The summed E-state index contributed by atoms with van der Waals surface area (Å²) in [5.74, 6) is 0. The summed E-state index contributed by atoms with van der Waals surface area (Å²) < 4.78 is 0. The molecule has 0 amide bonds. The zero-order valence-corrected chi connectivity index (χ0v) is 15.5. The lowest BCUT2D eigenvalue weighted by Crippen LogP contribution is -1.83. The van der Waals surface area contributed by atoms with Crippen LogP contribution in [0.1, 0.15) is 30.0 Å². The Morgan fingerprint density at radius 1 is 0.917 bits per heavy atom. The summed E-state index contributed by atoms with van der Waals surface area (Å²) in [6.07, 6.45) is 6.58. The van der Waals surface area contributed by atoms with Crippen LogP contribution in [0.4, 0.5) is 0 Å². The molecular formula is C23H24S. The standard InChI is InChI=1S/C23H24S/c1-4-5-6-10-19-12-14-20(15-13-19)22-16-18(3)23(24-22)21-11-8-7-9-17(21)2/h4-5,7-9,11-16H,6,10H2,1-3H3/b5-4+. The molecule has 0 spiro atoms. The number of thiophene rings is 1. The lowest BCUT2D eigenvalue weighted by Gasteiger charge is -2.04. The van der Waals surface area contributed by atoms with Crippen molar-refractivity contribution in [3.05, 3.63) is 83.4 Å². The van der Waals surface area contributed by atoms with E-state index in [0.717, 1.165) is 12.8 Å². The lowest BCUT2D eigenvalue weighted by molar-refractivity contribution is 1.000. The monoisotopic (exact) mass is 332 g/mol. The van der Waals surface area contributed by atoms with Gasteiger partial charge >= 0.3 is 0 Å². The summed E-state index contributed by atoms with van der Waals surface area (Å²) in [5, 5.41) is 0. The van der Waals surface area contributed by atoms with Crippen LogP contribution in [0.5, 0.6) is 0 Å². The van der Waals surface area contributed by atoms with Gasteiger partial charge in [-0.3, -0.25) is 0 Å². The average molecular weight is 333 g/mol. The maximum absolute atomic E-state index is 2.32. The first kappa shape index (κ1) is 16.7. The third kappa shape index (κ3) is 3.68. The highest BCUT2D eigenvalue weighted by Gasteiger charge is 2.11. The van der Waals surface area contributed by atoms with E-state index in [2.05, 4.69) is 87.5 Å². The van der Waals surface area contributed by atoms with E-state index in [9.17, 15) is 0 Å². The van der Waals surface area contributed by atoms with Gasteiger partial charge in [-0.1, -0.05) is 60.7 Å². The van der Waals surface area contributed by atoms with Crippen LogP contribution in [0, 0.1) is 13.8 Å². The van der Waals surface area contributed by atoms with Crippen LogP contribution < -0.4 is 0 Å². The second kappa shape index (κ2) is 7.63. The van der Waals surface area contributed by atoms with E-state index < -0.39 is 0 Å². The van der Waals surface area contributed by atoms with E-state index in [4.69, 9.17) is 0 Å². The maximum Gasteiger partial charge on any atom is 0.0381 e. The lowest BCUT2D eigenvalue weighted by atomic mass is 10.0. The van der Waals surface area contributed by atoms with Gasteiger partial charge in [-0.15, -0.1) is 11.3 Å². The summed E-state index contributed by atoms with van der Waals surface area (Å²) in [4.78, 5) is 2.74. The molecule has 0 nitrogen and oxygen atoms in total. The summed E-state index contributed by atoms with van der Waals surface area (Å²) in [5.41, 5.74) is 6.78. The van der Waals surface area contributed by atoms with Crippen molar-refractivity contribution >= 4 is 11.3 Å². The van der Waals surface area contributed by atoms with Crippen LogP contribution in [-0.2, 0) is 6.42 Å². The van der Waals surface area contributed by atoms with E-state index >= 15 is 0 Å². The van der Waals surface area contributed by atoms with Gasteiger partial charge in [0.15, 0.2) is 0 Å². The largest absolute Gasteiger partial charge is 0.135 e. The molecule has 1 heteroatoms. The van der Waals surface area contributed by atoms with Gasteiger partial charge < -0.3 is 0 Å². The Kier molecular flexibility index (Phi) is 5.32. The van der Waals surface area contributed by atoms with Crippen LogP contribution in [-0.4, -0.2) is 0 Å². The maximum atomic E-state index is 2.32. The number of allylic oxidation sites excluding steroid dienone is 2. The molecule has 1 aromatic heterocycles. The van der Waals surface area contributed by atoms with E-state index in [-0.39, 0.29) is 0 Å². The molecule has 2 aromatic carbocycles. The number of aryl methyl sites for hydroxylation is 3. The molecular weight excluding hydrogens is 308 g/mol. The van der Waals surface area contributed by atoms with Gasteiger partial charge in [0.25, 0.3) is 0 Å². The van der Waals surface area contributed by atoms with Crippen molar-refractivity contribution in [2.45, 2.75) is 33.6 Å². The minimum atomic E-state index is 1.11. The Morgan fingerprint density at radius 3 is 2.38 bits per heavy atom. The normalized spacial score (nSPS) is 11.3. The molecule has 0 saturated heterocycles. The molecule has 1 heterocycles. The predicted molar refractivity (Wildman–Crippen MR) is 108 cm³/mol. The van der Waals surface area contributed by atoms with E-state index in [1.807, 2.05) is 11.3 Å². The van der Waals surface area contributed by atoms with Crippen LogP contribution in [0.3, 0.4) is 0 Å². The molecule has 0 saturated carbocycles. The molecule has 0 fully saturated rings. The summed E-state index contributed by atoms with van der Waals surface area (Å²) >= 11 is 1.90. The van der Waals surface area contributed by atoms with Crippen molar-refractivity contribution in [1.82, 2.24) is 0 Å². The summed E-state index contributed by atoms with van der Waals surface area (Å²) in [6, 6.07) is 20.0. The quantitative estimate of drug-likeness (QED) is 0.433. The third-order valence-corrected chi connectivity index (χ3v) is 5.70. The van der Waals surface area contributed by atoms with Gasteiger partial charge in [0.2, 0.25) is 0 Å². The molecule has 0 N–H and O–H groups in total. The van der Waals surface area contributed by atoms with Crippen molar-refractivity contribution in [2.24, 2.45) is 0 Å². The van der Waals surface area contributed by atoms with Crippen molar-refractivity contribution < 1.29 is 0 Å². The third-order valence-electron chi connectivity index (χ3n) is 4.38. The molecule has 24 heavy (non-hydrogen) atoms. The van der Waals surface area contributed by atoms with Crippen LogP contribution in [0.25, 0.3) is 20.9 Å². The van der Waals surface area contributed by atoms with Gasteiger partial charge in [-0.2, -0.15) is 0 Å². The molecule has 0 aliphatic carbocycles. The van der Waals surface area contributed by atoms with E-state index in [0.29, 0.717) is 0 Å². The number of benzene rings is 2. The Labute approximate surface area is 149 Å². The molecule has 0 aliphatic heterocycles. The van der Waals surface area contributed by atoms with Gasteiger partial charge in [0.1, 0.15) is 0 Å². The number of hydrogen-bond donors (Lipinski definition) is 0. The molecule has 3 aromatic rings. The fourth-order valence-electron chi connectivity index (χ4n) is 2.97. The van der Waals surface area contributed by atoms with E-state index in [1.54, 1.807) is 0 Å². The van der Waals surface area contributed by atoms with E-state index in [1.165, 1.54) is 37.6 Å². The number of hydrogen-bond acceptors (Lipinski definition) is 1. The van der Waals surface area contributed by atoms with Gasteiger partial charge in [0, 0.05) is 9.75 Å². The topological polar surface area (TPSA) is 0 Å². The SMILES string of the molecule is C/C=C/CCc1ccc(-c2cc(C)c(-c3ccccc3C)s2)cc1. The first-order chi connectivity index (χ1) is 11.7. The van der Waals surface area contributed by atoms with Crippen molar-refractivity contribution in [1.29, 1.82) is 0 Å². The smallest absolute Gasteiger partial charge is 0.0381 e. The second-order valence-electron chi connectivity index (χ2n) is 6.24. The zero-order valence-electron chi connectivity index (χ0n) is 14.7.